The lowest BCUT2D eigenvalue weighted by Crippen LogP contribution is -2.40. The zero-order valence-electron chi connectivity index (χ0n) is 23.1. The minimum atomic E-state index is -4.12. The van der Waals surface area contributed by atoms with Crippen molar-refractivity contribution in [2.24, 2.45) is 22.7 Å². The van der Waals surface area contributed by atoms with Gasteiger partial charge in [0.15, 0.2) is 9.84 Å². The zero-order valence-corrected chi connectivity index (χ0v) is 23.9. The van der Waals surface area contributed by atoms with Crippen molar-refractivity contribution in [3.05, 3.63) is 46.9 Å². The largest absolute Gasteiger partial charge is 0.391 e. The second-order valence-corrected chi connectivity index (χ2v) is 13.1. The summed E-state index contributed by atoms with van der Waals surface area (Å²) in [4.78, 5) is 23.7. The van der Waals surface area contributed by atoms with Gasteiger partial charge in [0.05, 0.1) is 40.5 Å². The molecule has 216 valence electrons. The first-order chi connectivity index (χ1) is 18.3. The number of pyridine rings is 1. The standard InChI is InChI=1S/C28H39F3N4O3S/c1-6-39(37,38)24-12-11-23(33-15-24)14-34-27(36)19(4)13-21-17-35(26(18(2)3)25(21)32-5)16-20-7-9-22(10-8-20)28(29,30)31/h11-13,15,18,20,22,26H,5-10,14,16-17H2,1-4H3,(H,34,36)/b19-13+/t20-,22-,26-/m0/s1. The average molecular weight is 569 g/mol. The summed E-state index contributed by atoms with van der Waals surface area (Å²) in [5.41, 5.74) is 2.69. The van der Waals surface area contributed by atoms with Crippen LogP contribution in [0.15, 0.2) is 51.1 Å². The summed E-state index contributed by atoms with van der Waals surface area (Å²) in [7, 11) is -3.34. The van der Waals surface area contributed by atoms with Gasteiger partial charge in [0.25, 0.3) is 0 Å². The second kappa shape index (κ2) is 12.8. The Labute approximate surface area is 229 Å². The third-order valence-electron chi connectivity index (χ3n) is 7.70. The zero-order chi connectivity index (χ0) is 29.0. The molecule has 0 aromatic carbocycles. The van der Waals surface area contributed by atoms with E-state index in [-0.39, 0.29) is 53.8 Å². The highest BCUT2D eigenvalue weighted by Crippen LogP contribution is 2.41. The Morgan fingerprint density at radius 3 is 2.44 bits per heavy atom. The highest BCUT2D eigenvalue weighted by atomic mass is 32.2. The molecule has 1 aliphatic carbocycles. The van der Waals surface area contributed by atoms with Crippen molar-refractivity contribution in [1.82, 2.24) is 15.2 Å². The molecule has 3 rings (SSSR count). The number of rotatable bonds is 10. The monoisotopic (exact) mass is 568 g/mol. The van der Waals surface area contributed by atoms with Gasteiger partial charge in [-0.15, -0.1) is 0 Å². The summed E-state index contributed by atoms with van der Waals surface area (Å²) >= 11 is 0. The molecule has 2 aliphatic rings. The molecule has 7 nitrogen and oxygen atoms in total. The number of alkyl halides is 3. The first kappa shape index (κ1) is 31.0. The average Bonchev–Trinajstić information content (AvgIpc) is 3.23. The van der Waals surface area contributed by atoms with Crippen LogP contribution in [-0.2, 0) is 21.2 Å². The third kappa shape index (κ3) is 7.78. The summed E-state index contributed by atoms with van der Waals surface area (Å²) in [6, 6.07) is 3.04. The summed E-state index contributed by atoms with van der Waals surface area (Å²) < 4.78 is 63.2. The molecule has 0 radical (unpaired) electrons. The maximum Gasteiger partial charge on any atom is 0.391 e. The Morgan fingerprint density at radius 2 is 1.92 bits per heavy atom. The number of carbonyl (C=O) groups excluding carboxylic acids is 1. The minimum Gasteiger partial charge on any atom is -0.347 e. The van der Waals surface area contributed by atoms with Gasteiger partial charge >= 0.3 is 6.18 Å². The van der Waals surface area contributed by atoms with Gasteiger partial charge in [0.1, 0.15) is 0 Å². The molecular weight excluding hydrogens is 529 g/mol. The SMILES string of the molecule is C=NC1=C(/C=C(\C)C(=O)NCc2ccc(S(=O)(=O)CC)cn2)CN(C[C@H]2CC[C@H](C(F)(F)F)CC2)[C@H]1C(C)C. The van der Waals surface area contributed by atoms with Crippen LogP contribution in [0.1, 0.15) is 59.1 Å². The van der Waals surface area contributed by atoms with Gasteiger partial charge in [-0.05, 0) is 74.9 Å². The molecular formula is C28H39F3N4O3S. The van der Waals surface area contributed by atoms with Crippen molar-refractivity contribution in [2.45, 2.75) is 77.0 Å². The lowest BCUT2D eigenvalue weighted by molar-refractivity contribution is -0.184. The number of aromatic nitrogens is 1. The molecule has 11 heteroatoms. The van der Waals surface area contributed by atoms with Crippen LogP contribution in [0.2, 0.25) is 0 Å². The van der Waals surface area contributed by atoms with E-state index in [0.717, 1.165) is 11.3 Å². The van der Waals surface area contributed by atoms with Crippen LogP contribution in [0.3, 0.4) is 0 Å². The quantitative estimate of drug-likeness (QED) is 0.313. The van der Waals surface area contributed by atoms with Crippen LogP contribution in [0.4, 0.5) is 13.2 Å². The Hall–Kier alpha value is -2.53. The molecule has 1 aromatic rings. The van der Waals surface area contributed by atoms with Crippen LogP contribution >= 0.6 is 0 Å². The molecule has 2 heterocycles. The number of amides is 1. The number of hydrogen-bond donors (Lipinski definition) is 1. The first-order valence-electron chi connectivity index (χ1n) is 13.4. The van der Waals surface area contributed by atoms with Crippen molar-refractivity contribution in [1.29, 1.82) is 0 Å². The van der Waals surface area contributed by atoms with Gasteiger partial charge in [-0.25, -0.2) is 8.42 Å². The topological polar surface area (TPSA) is 91.7 Å². The number of halogens is 3. The van der Waals surface area contributed by atoms with Crippen LogP contribution in [0.5, 0.6) is 0 Å². The molecule has 1 aromatic heterocycles. The summed E-state index contributed by atoms with van der Waals surface area (Å²) in [5.74, 6) is -1.10. The molecule has 0 unspecified atom stereocenters. The molecule has 39 heavy (non-hydrogen) atoms. The van der Waals surface area contributed by atoms with Gasteiger partial charge < -0.3 is 5.32 Å². The van der Waals surface area contributed by atoms with Crippen molar-refractivity contribution in [3.63, 3.8) is 0 Å². The van der Waals surface area contributed by atoms with Crippen LogP contribution in [-0.4, -0.2) is 62.0 Å². The highest BCUT2D eigenvalue weighted by molar-refractivity contribution is 7.91. The maximum atomic E-state index is 13.1. The molecule has 1 fully saturated rings. The van der Waals surface area contributed by atoms with Crippen molar-refractivity contribution < 1.29 is 26.4 Å². The smallest absolute Gasteiger partial charge is 0.347 e. The molecule has 1 N–H and O–H groups in total. The molecule has 1 atom stereocenters. The van der Waals surface area contributed by atoms with E-state index in [9.17, 15) is 26.4 Å². The van der Waals surface area contributed by atoms with Gasteiger partial charge in [-0.2, -0.15) is 13.2 Å². The number of carbonyl (C=O) groups is 1. The molecule has 1 aliphatic heterocycles. The predicted molar refractivity (Wildman–Crippen MR) is 146 cm³/mol. The molecule has 0 bridgehead atoms. The number of hydrogen-bond acceptors (Lipinski definition) is 6. The van der Waals surface area contributed by atoms with Gasteiger partial charge in [0, 0.05) is 24.9 Å². The fourth-order valence-electron chi connectivity index (χ4n) is 5.50. The van der Waals surface area contributed by atoms with E-state index >= 15 is 0 Å². The Balaban J connectivity index is 1.65. The van der Waals surface area contributed by atoms with E-state index in [1.54, 1.807) is 26.0 Å². The summed E-state index contributed by atoms with van der Waals surface area (Å²) in [6.07, 6.45) is 0.428. The number of aliphatic imine (C=N–C) groups is 1. The third-order valence-corrected chi connectivity index (χ3v) is 9.42. The van der Waals surface area contributed by atoms with Crippen molar-refractivity contribution in [3.8, 4) is 0 Å². The molecule has 0 saturated heterocycles. The highest BCUT2D eigenvalue weighted by Gasteiger charge is 2.42. The molecule has 1 amide bonds. The van der Waals surface area contributed by atoms with E-state index < -0.39 is 21.9 Å². The van der Waals surface area contributed by atoms with E-state index in [1.807, 2.05) is 0 Å². The molecule has 0 spiro atoms. The molecule has 1 saturated carbocycles. The number of nitrogens with one attached hydrogen (secondary N) is 1. The van der Waals surface area contributed by atoms with E-state index in [4.69, 9.17) is 0 Å². The number of sulfone groups is 1. The maximum absolute atomic E-state index is 13.1. The van der Waals surface area contributed by atoms with Gasteiger partial charge in [-0.3, -0.25) is 19.7 Å². The van der Waals surface area contributed by atoms with Crippen LogP contribution < -0.4 is 5.32 Å². The normalized spacial score (nSPS) is 23.4. The van der Waals surface area contributed by atoms with Crippen molar-refractivity contribution in [2.75, 3.05) is 18.8 Å². The summed E-state index contributed by atoms with van der Waals surface area (Å²) in [6.45, 7) is 12.6. The van der Waals surface area contributed by atoms with E-state index in [2.05, 4.69) is 40.8 Å². The fourth-order valence-corrected chi connectivity index (χ4v) is 6.32. The Bertz CT molecular complexity index is 1200. The van der Waals surface area contributed by atoms with E-state index in [0.29, 0.717) is 37.2 Å². The predicted octanol–water partition coefficient (Wildman–Crippen LogP) is 5.10. The Kier molecular flexibility index (Phi) is 10.1. The van der Waals surface area contributed by atoms with Gasteiger partial charge in [-0.1, -0.05) is 20.8 Å². The van der Waals surface area contributed by atoms with E-state index in [1.165, 1.54) is 12.3 Å². The lowest BCUT2D eigenvalue weighted by atomic mass is 9.81. The van der Waals surface area contributed by atoms with Crippen LogP contribution in [0.25, 0.3) is 0 Å². The summed E-state index contributed by atoms with van der Waals surface area (Å²) in [5, 5.41) is 2.81. The lowest BCUT2D eigenvalue weighted by Gasteiger charge is -2.35. The Morgan fingerprint density at radius 1 is 1.26 bits per heavy atom. The fraction of sp³-hybridized carbons (Fsp3) is 0.607. The van der Waals surface area contributed by atoms with Crippen molar-refractivity contribution >= 4 is 22.5 Å². The minimum absolute atomic E-state index is 0.0135. The second-order valence-electron chi connectivity index (χ2n) is 10.8. The number of nitrogens with zero attached hydrogens (tertiary/aromatic N) is 3. The first-order valence-corrected chi connectivity index (χ1v) is 15.1. The van der Waals surface area contributed by atoms with Crippen LogP contribution in [0, 0.1) is 17.8 Å². The van der Waals surface area contributed by atoms with Gasteiger partial charge in [0.2, 0.25) is 5.91 Å².